The molecule has 1 saturated heterocycles. The molecule has 0 saturated carbocycles. The summed E-state index contributed by atoms with van der Waals surface area (Å²) < 4.78 is 0. The van der Waals surface area contributed by atoms with Gasteiger partial charge in [-0.25, -0.2) is 0 Å². The van der Waals surface area contributed by atoms with E-state index >= 15 is 0 Å². The summed E-state index contributed by atoms with van der Waals surface area (Å²) in [5, 5.41) is 13.1. The van der Waals surface area contributed by atoms with Crippen LogP contribution in [0.4, 0.5) is 0 Å². The van der Waals surface area contributed by atoms with E-state index in [1.54, 1.807) is 0 Å². The lowest BCUT2D eigenvalue weighted by Gasteiger charge is -2.31. The Kier molecular flexibility index (Phi) is 5.45. The van der Waals surface area contributed by atoms with Crippen molar-refractivity contribution in [3.63, 3.8) is 0 Å². The van der Waals surface area contributed by atoms with Crippen LogP contribution in [0.25, 0.3) is 0 Å². The summed E-state index contributed by atoms with van der Waals surface area (Å²) in [6, 6.07) is 0. The van der Waals surface area contributed by atoms with Gasteiger partial charge in [-0.2, -0.15) is 0 Å². The fourth-order valence-electron chi connectivity index (χ4n) is 2.14. The number of hydrogen-bond donors (Lipinski definition) is 2. The molecule has 1 unspecified atom stereocenters. The van der Waals surface area contributed by atoms with Gasteiger partial charge in [-0.15, -0.1) is 0 Å². The first-order chi connectivity index (χ1) is 6.74. The number of piperidine rings is 1. The van der Waals surface area contributed by atoms with Gasteiger partial charge in [0.05, 0.1) is 6.10 Å². The lowest BCUT2D eigenvalue weighted by Crippen LogP contribution is -2.35. The van der Waals surface area contributed by atoms with E-state index in [9.17, 15) is 5.11 Å². The number of nitrogens with one attached hydrogen (secondary N) is 1. The predicted octanol–water partition coefficient (Wildman–Crippen LogP) is 0.689. The van der Waals surface area contributed by atoms with Crippen LogP contribution in [-0.2, 0) is 0 Å². The molecule has 0 spiro atoms. The molecule has 1 aliphatic heterocycles. The van der Waals surface area contributed by atoms with E-state index in [1.807, 2.05) is 7.05 Å². The Bertz CT molecular complexity index is 144. The van der Waals surface area contributed by atoms with Crippen molar-refractivity contribution in [2.45, 2.75) is 31.8 Å². The normalized spacial score (nSPS) is 22.5. The van der Waals surface area contributed by atoms with Gasteiger partial charge in [-0.05, 0) is 65.3 Å². The van der Waals surface area contributed by atoms with Gasteiger partial charge in [-0.3, -0.25) is 0 Å². The molecule has 1 aliphatic rings. The first-order valence-corrected chi connectivity index (χ1v) is 5.75. The van der Waals surface area contributed by atoms with Crippen LogP contribution in [0, 0.1) is 5.92 Å². The average molecular weight is 200 g/mol. The lowest BCUT2D eigenvalue weighted by atomic mass is 9.89. The quantitative estimate of drug-likeness (QED) is 0.641. The molecule has 0 radical (unpaired) electrons. The van der Waals surface area contributed by atoms with Crippen molar-refractivity contribution in [1.82, 2.24) is 10.2 Å². The molecular formula is C11H24N2O. The Balaban J connectivity index is 2.13. The van der Waals surface area contributed by atoms with Gasteiger partial charge in [-0.1, -0.05) is 0 Å². The number of likely N-dealkylation sites (tertiary alicyclic amines) is 1. The SMILES string of the molecule is CNCCCC(O)C1CCN(C)CC1. The smallest absolute Gasteiger partial charge is 0.0569 e. The van der Waals surface area contributed by atoms with E-state index in [-0.39, 0.29) is 6.10 Å². The van der Waals surface area contributed by atoms with Crippen molar-refractivity contribution >= 4 is 0 Å². The van der Waals surface area contributed by atoms with Gasteiger partial charge in [0, 0.05) is 0 Å². The molecule has 0 aromatic rings. The largest absolute Gasteiger partial charge is 0.393 e. The molecule has 2 N–H and O–H groups in total. The summed E-state index contributed by atoms with van der Waals surface area (Å²) in [4.78, 5) is 2.34. The van der Waals surface area contributed by atoms with Crippen LogP contribution in [-0.4, -0.2) is 49.8 Å². The molecule has 1 fully saturated rings. The number of rotatable bonds is 5. The highest BCUT2D eigenvalue weighted by Gasteiger charge is 2.22. The number of hydrogen-bond acceptors (Lipinski definition) is 3. The third kappa shape index (κ3) is 3.95. The van der Waals surface area contributed by atoms with E-state index in [0.717, 1.165) is 45.3 Å². The second-order valence-corrected chi connectivity index (χ2v) is 4.45. The highest BCUT2D eigenvalue weighted by Crippen LogP contribution is 2.22. The van der Waals surface area contributed by atoms with Crippen LogP contribution in [0.3, 0.4) is 0 Å². The molecule has 0 aromatic heterocycles. The third-order valence-electron chi connectivity index (χ3n) is 3.23. The van der Waals surface area contributed by atoms with E-state index in [4.69, 9.17) is 0 Å². The topological polar surface area (TPSA) is 35.5 Å². The fourth-order valence-corrected chi connectivity index (χ4v) is 2.14. The molecule has 14 heavy (non-hydrogen) atoms. The Morgan fingerprint density at radius 2 is 2.07 bits per heavy atom. The van der Waals surface area contributed by atoms with Crippen LogP contribution in [0.5, 0.6) is 0 Å². The fraction of sp³-hybridized carbons (Fsp3) is 1.00. The van der Waals surface area contributed by atoms with Crippen LogP contribution < -0.4 is 5.32 Å². The van der Waals surface area contributed by atoms with E-state index in [1.165, 1.54) is 0 Å². The van der Waals surface area contributed by atoms with Crippen molar-refractivity contribution in [1.29, 1.82) is 0 Å². The van der Waals surface area contributed by atoms with Crippen molar-refractivity contribution in [2.24, 2.45) is 5.92 Å². The van der Waals surface area contributed by atoms with Crippen LogP contribution in [0.15, 0.2) is 0 Å². The Hall–Kier alpha value is -0.120. The number of aliphatic hydroxyl groups excluding tert-OH is 1. The minimum absolute atomic E-state index is 0.0722. The molecule has 1 heterocycles. The van der Waals surface area contributed by atoms with Crippen molar-refractivity contribution < 1.29 is 5.11 Å². The molecule has 3 heteroatoms. The van der Waals surface area contributed by atoms with Crippen molar-refractivity contribution in [3.8, 4) is 0 Å². The predicted molar refractivity (Wildman–Crippen MR) is 59.4 cm³/mol. The monoisotopic (exact) mass is 200 g/mol. The molecule has 3 nitrogen and oxygen atoms in total. The highest BCUT2D eigenvalue weighted by molar-refractivity contribution is 4.76. The van der Waals surface area contributed by atoms with E-state index in [0.29, 0.717) is 5.92 Å². The van der Waals surface area contributed by atoms with Gasteiger partial charge in [0.1, 0.15) is 0 Å². The maximum Gasteiger partial charge on any atom is 0.0569 e. The zero-order valence-corrected chi connectivity index (χ0v) is 9.50. The molecular weight excluding hydrogens is 176 g/mol. The second kappa shape index (κ2) is 6.38. The maximum atomic E-state index is 9.94. The summed E-state index contributed by atoms with van der Waals surface area (Å²) in [6.07, 6.45) is 4.30. The maximum absolute atomic E-state index is 9.94. The van der Waals surface area contributed by atoms with Gasteiger partial charge in [0.15, 0.2) is 0 Å². The zero-order valence-electron chi connectivity index (χ0n) is 9.50. The molecule has 1 rings (SSSR count). The first-order valence-electron chi connectivity index (χ1n) is 5.75. The standard InChI is InChI=1S/C11H24N2O/c1-12-7-3-4-11(14)10-5-8-13(2)9-6-10/h10-12,14H,3-9H2,1-2H3. The third-order valence-corrected chi connectivity index (χ3v) is 3.23. The van der Waals surface area contributed by atoms with Gasteiger partial charge in [0.25, 0.3) is 0 Å². The summed E-state index contributed by atoms with van der Waals surface area (Å²) >= 11 is 0. The van der Waals surface area contributed by atoms with Gasteiger partial charge in [0.2, 0.25) is 0 Å². The molecule has 84 valence electrons. The van der Waals surface area contributed by atoms with Crippen LogP contribution >= 0.6 is 0 Å². The molecule has 0 amide bonds. The summed E-state index contributed by atoms with van der Waals surface area (Å²) in [6.45, 7) is 3.31. The summed E-state index contributed by atoms with van der Waals surface area (Å²) in [7, 11) is 4.12. The molecule has 0 bridgehead atoms. The Morgan fingerprint density at radius 1 is 1.43 bits per heavy atom. The Morgan fingerprint density at radius 3 is 2.64 bits per heavy atom. The second-order valence-electron chi connectivity index (χ2n) is 4.45. The molecule has 0 aliphatic carbocycles. The molecule has 1 atom stereocenters. The molecule has 0 aromatic carbocycles. The number of aliphatic hydroxyl groups is 1. The highest BCUT2D eigenvalue weighted by atomic mass is 16.3. The minimum atomic E-state index is -0.0722. The average Bonchev–Trinajstić information content (AvgIpc) is 2.19. The van der Waals surface area contributed by atoms with Gasteiger partial charge < -0.3 is 15.3 Å². The summed E-state index contributed by atoms with van der Waals surface area (Å²) in [5.41, 5.74) is 0. The van der Waals surface area contributed by atoms with E-state index < -0.39 is 0 Å². The lowest BCUT2D eigenvalue weighted by molar-refractivity contribution is 0.0586. The summed E-state index contributed by atoms with van der Waals surface area (Å²) in [5.74, 6) is 0.544. The zero-order chi connectivity index (χ0) is 10.4. The first kappa shape index (κ1) is 12.0. The van der Waals surface area contributed by atoms with Crippen LogP contribution in [0.2, 0.25) is 0 Å². The van der Waals surface area contributed by atoms with Gasteiger partial charge >= 0.3 is 0 Å². The number of nitrogens with zero attached hydrogens (tertiary/aromatic N) is 1. The van der Waals surface area contributed by atoms with Crippen LogP contribution in [0.1, 0.15) is 25.7 Å². The van der Waals surface area contributed by atoms with E-state index in [2.05, 4.69) is 17.3 Å². The van der Waals surface area contributed by atoms with Crippen molar-refractivity contribution in [2.75, 3.05) is 33.7 Å². The Labute approximate surface area is 87.5 Å². The minimum Gasteiger partial charge on any atom is -0.393 e. The van der Waals surface area contributed by atoms with Crippen molar-refractivity contribution in [3.05, 3.63) is 0 Å².